The van der Waals surface area contributed by atoms with Crippen molar-refractivity contribution >= 4 is 23.8 Å². The van der Waals surface area contributed by atoms with Gasteiger partial charge in [0, 0.05) is 25.6 Å². The topological polar surface area (TPSA) is 170 Å². The fourth-order valence-corrected chi connectivity index (χ4v) is 2.81. The molecular weight excluding hydrogens is 396 g/mol. The summed E-state index contributed by atoms with van der Waals surface area (Å²) in [5, 5.41) is 34.9. The Hall–Kier alpha value is -3.50. The summed E-state index contributed by atoms with van der Waals surface area (Å²) in [5.74, 6) is -1.18. The van der Waals surface area contributed by atoms with Crippen molar-refractivity contribution in [2.75, 3.05) is 26.2 Å². The maximum Gasteiger partial charge on any atom is 0.405 e. The highest BCUT2D eigenvalue weighted by atomic mass is 16.5. The van der Waals surface area contributed by atoms with E-state index in [1.807, 2.05) is 0 Å². The molecule has 0 saturated heterocycles. The lowest BCUT2D eigenvalue weighted by Gasteiger charge is -2.14. The Balaban J connectivity index is 1.82. The molecule has 1 atom stereocenters. The first-order chi connectivity index (χ1) is 14.4. The van der Waals surface area contributed by atoms with E-state index >= 15 is 0 Å². The molecule has 6 N–H and O–H groups in total. The van der Waals surface area contributed by atoms with Crippen molar-refractivity contribution in [2.45, 2.75) is 31.7 Å². The van der Waals surface area contributed by atoms with Crippen molar-refractivity contribution in [1.82, 2.24) is 16.0 Å². The standard InChI is InChI=1S/C19H26N4O7/c24-15-10-12(30-9-8-21-16-4-2-1-3-7-20-16)5-6-13(15)17(25)22-11-14(18(26)27)23-19(28)29/h5-6,10,14,23-24H,1-4,7-9,11H2,(H,20,21)(H,22,25)(H,26,27)(H,28,29). The first kappa shape index (κ1) is 22.8. The van der Waals surface area contributed by atoms with Crippen molar-refractivity contribution in [2.24, 2.45) is 4.99 Å². The second kappa shape index (κ2) is 11.5. The Morgan fingerprint density at radius 3 is 2.67 bits per heavy atom. The Kier molecular flexibility index (Phi) is 8.73. The number of phenolic OH excluding ortho intramolecular Hbond substituents is 1. The van der Waals surface area contributed by atoms with Gasteiger partial charge in [0.05, 0.1) is 17.9 Å². The van der Waals surface area contributed by atoms with E-state index < -0.39 is 30.6 Å². The average molecular weight is 422 g/mol. The zero-order chi connectivity index (χ0) is 21.9. The zero-order valence-electron chi connectivity index (χ0n) is 16.4. The summed E-state index contributed by atoms with van der Waals surface area (Å²) in [5.41, 5.74) is -0.0900. The monoisotopic (exact) mass is 422 g/mol. The van der Waals surface area contributed by atoms with Crippen molar-refractivity contribution in [3.05, 3.63) is 23.8 Å². The highest BCUT2D eigenvalue weighted by molar-refractivity contribution is 5.97. The third-order valence-corrected chi connectivity index (χ3v) is 4.35. The zero-order valence-corrected chi connectivity index (χ0v) is 16.4. The number of carbonyl (C=O) groups excluding carboxylic acids is 1. The van der Waals surface area contributed by atoms with Gasteiger partial charge < -0.3 is 36.0 Å². The molecule has 2 amide bonds. The summed E-state index contributed by atoms with van der Waals surface area (Å²) in [7, 11) is 0. The SMILES string of the molecule is O=C(O)NC(CNC(=O)c1ccc(OCCNC2=NCCCCC2)cc1O)C(=O)O. The molecular formula is C19H26N4O7. The van der Waals surface area contributed by atoms with E-state index in [1.165, 1.54) is 24.6 Å². The van der Waals surface area contributed by atoms with Crippen LogP contribution in [0, 0.1) is 0 Å². The summed E-state index contributed by atoms with van der Waals surface area (Å²) in [6, 6.07) is 2.61. The summed E-state index contributed by atoms with van der Waals surface area (Å²) >= 11 is 0. The summed E-state index contributed by atoms with van der Waals surface area (Å²) in [6.45, 7) is 1.24. The minimum Gasteiger partial charge on any atom is -0.507 e. The van der Waals surface area contributed by atoms with Gasteiger partial charge in [0.25, 0.3) is 5.91 Å². The highest BCUT2D eigenvalue weighted by Crippen LogP contribution is 2.23. The van der Waals surface area contributed by atoms with Gasteiger partial charge in [-0.15, -0.1) is 0 Å². The number of amidine groups is 1. The van der Waals surface area contributed by atoms with E-state index in [9.17, 15) is 19.5 Å². The lowest BCUT2D eigenvalue weighted by molar-refractivity contribution is -0.139. The van der Waals surface area contributed by atoms with E-state index in [1.54, 1.807) is 5.32 Å². The van der Waals surface area contributed by atoms with Crippen LogP contribution in [0.25, 0.3) is 0 Å². The van der Waals surface area contributed by atoms with Gasteiger partial charge in [-0.1, -0.05) is 6.42 Å². The number of phenols is 1. The van der Waals surface area contributed by atoms with Gasteiger partial charge in [-0.25, -0.2) is 9.59 Å². The molecule has 1 aliphatic rings. The predicted molar refractivity (Wildman–Crippen MR) is 107 cm³/mol. The fraction of sp³-hybridized carbons (Fsp3) is 0.474. The molecule has 0 fully saturated rings. The molecule has 1 aromatic rings. The lowest BCUT2D eigenvalue weighted by Crippen LogP contribution is -2.48. The van der Waals surface area contributed by atoms with Crippen molar-refractivity contribution in [3.8, 4) is 11.5 Å². The minimum atomic E-state index is -1.53. The molecule has 0 bridgehead atoms. The summed E-state index contributed by atoms with van der Waals surface area (Å²) in [4.78, 5) is 38.2. The molecule has 0 saturated carbocycles. The van der Waals surface area contributed by atoms with Crippen LogP contribution in [0.4, 0.5) is 4.79 Å². The maximum absolute atomic E-state index is 12.1. The number of benzene rings is 1. The van der Waals surface area contributed by atoms with Crippen molar-refractivity contribution in [1.29, 1.82) is 0 Å². The van der Waals surface area contributed by atoms with Gasteiger partial charge in [-0.05, 0) is 25.0 Å². The molecule has 0 aromatic heterocycles. The fourth-order valence-electron chi connectivity index (χ4n) is 2.81. The normalized spacial score (nSPS) is 14.6. The van der Waals surface area contributed by atoms with Crippen LogP contribution < -0.4 is 20.7 Å². The molecule has 0 radical (unpaired) electrons. The van der Waals surface area contributed by atoms with E-state index in [-0.39, 0.29) is 11.3 Å². The number of rotatable bonds is 9. The quantitative estimate of drug-likeness (QED) is 0.317. The Bertz CT molecular complexity index is 797. The highest BCUT2D eigenvalue weighted by Gasteiger charge is 2.21. The van der Waals surface area contributed by atoms with E-state index in [2.05, 4.69) is 15.6 Å². The number of hydrogen-bond donors (Lipinski definition) is 6. The molecule has 2 rings (SSSR count). The molecule has 1 heterocycles. The number of carboxylic acids is 1. The summed E-state index contributed by atoms with van der Waals surface area (Å²) < 4.78 is 5.56. The lowest BCUT2D eigenvalue weighted by atomic mass is 10.1. The second-order valence-corrected chi connectivity index (χ2v) is 6.64. The minimum absolute atomic E-state index is 0.0900. The molecule has 11 heteroatoms. The average Bonchev–Trinajstić information content (AvgIpc) is 2.96. The van der Waals surface area contributed by atoms with Gasteiger partial charge in [0.1, 0.15) is 24.1 Å². The number of ether oxygens (including phenoxy) is 1. The van der Waals surface area contributed by atoms with Gasteiger partial charge in [-0.2, -0.15) is 0 Å². The molecule has 1 unspecified atom stereocenters. The molecule has 1 aliphatic heterocycles. The van der Waals surface area contributed by atoms with Gasteiger partial charge in [-0.3, -0.25) is 9.79 Å². The van der Waals surface area contributed by atoms with E-state index in [0.717, 1.165) is 31.6 Å². The molecule has 164 valence electrons. The number of hydrogen-bond acceptors (Lipinski definition) is 7. The maximum atomic E-state index is 12.1. The number of aromatic hydroxyl groups is 1. The van der Waals surface area contributed by atoms with E-state index in [4.69, 9.17) is 14.9 Å². The van der Waals surface area contributed by atoms with Crippen molar-refractivity contribution in [3.63, 3.8) is 0 Å². The van der Waals surface area contributed by atoms with Gasteiger partial charge in [0.2, 0.25) is 0 Å². The van der Waals surface area contributed by atoms with Gasteiger partial charge in [0.15, 0.2) is 0 Å². The first-order valence-electron chi connectivity index (χ1n) is 9.60. The summed E-state index contributed by atoms with van der Waals surface area (Å²) in [6.07, 6.45) is 2.80. The third-order valence-electron chi connectivity index (χ3n) is 4.35. The van der Waals surface area contributed by atoms with Crippen molar-refractivity contribution < 1.29 is 34.4 Å². The second-order valence-electron chi connectivity index (χ2n) is 6.64. The number of carboxylic acid groups (broad SMARTS) is 2. The predicted octanol–water partition coefficient (Wildman–Crippen LogP) is 0.784. The Labute approximate surface area is 173 Å². The number of nitrogens with one attached hydrogen (secondary N) is 3. The van der Waals surface area contributed by atoms with Crippen LogP contribution in [0.5, 0.6) is 11.5 Å². The van der Waals surface area contributed by atoms with E-state index in [0.29, 0.717) is 18.9 Å². The van der Waals surface area contributed by atoms with Crippen LogP contribution >= 0.6 is 0 Å². The molecule has 0 spiro atoms. The molecule has 30 heavy (non-hydrogen) atoms. The largest absolute Gasteiger partial charge is 0.507 e. The number of aliphatic carboxylic acids is 1. The molecule has 1 aromatic carbocycles. The van der Waals surface area contributed by atoms with Crippen LogP contribution in [0.1, 0.15) is 36.0 Å². The third kappa shape index (κ3) is 7.49. The van der Waals surface area contributed by atoms with Crippen LogP contribution in [-0.2, 0) is 4.79 Å². The van der Waals surface area contributed by atoms with Crippen LogP contribution in [0.2, 0.25) is 0 Å². The smallest absolute Gasteiger partial charge is 0.405 e. The number of aliphatic imine (C=N–C) groups is 1. The van der Waals surface area contributed by atoms with Crippen LogP contribution in [-0.4, -0.2) is 71.4 Å². The molecule has 11 nitrogen and oxygen atoms in total. The van der Waals surface area contributed by atoms with Crippen LogP contribution in [0.15, 0.2) is 23.2 Å². The molecule has 0 aliphatic carbocycles. The van der Waals surface area contributed by atoms with Crippen LogP contribution in [0.3, 0.4) is 0 Å². The number of carbonyl (C=O) groups is 3. The Morgan fingerprint density at radius 1 is 1.17 bits per heavy atom. The first-order valence-corrected chi connectivity index (χ1v) is 9.60. The number of nitrogens with zero attached hydrogens (tertiary/aromatic N) is 1. The Morgan fingerprint density at radius 2 is 1.97 bits per heavy atom. The van der Waals surface area contributed by atoms with Gasteiger partial charge >= 0.3 is 12.1 Å². The number of amides is 2.